The molecule has 120 valence electrons. The predicted molar refractivity (Wildman–Crippen MR) is 90.2 cm³/mol. The molecule has 5 nitrogen and oxygen atoms in total. The van der Waals surface area contributed by atoms with E-state index in [-0.39, 0.29) is 11.2 Å². The summed E-state index contributed by atoms with van der Waals surface area (Å²) < 4.78 is 24.3. The number of aryl methyl sites for hydroxylation is 1. The summed E-state index contributed by atoms with van der Waals surface area (Å²) in [6.45, 7) is 6.98. The fourth-order valence-corrected chi connectivity index (χ4v) is 4.39. The van der Waals surface area contributed by atoms with E-state index in [0.717, 1.165) is 16.5 Å². The third kappa shape index (κ3) is 2.77. The minimum Gasteiger partial charge on any atom is -0.383 e. The van der Waals surface area contributed by atoms with Gasteiger partial charge in [0.2, 0.25) is 0 Å². The molecule has 1 aliphatic heterocycles. The van der Waals surface area contributed by atoms with Crippen molar-refractivity contribution in [2.24, 2.45) is 5.41 Å². The molecule has 1 N–H and O–H groups in total. The smallest absolute Gasteiger partial charge is 0.179 e. The van der Waals surface area contributed by atoms with Crippen molar-refractivity contribution in [1.29, 1.82) is 5.26 Å². The molecule has 23 heavy (non-hydrogen) atoms. The molecule has 0 spiro atoms. The third-order valence-corrected chi connectivity index (χ3v) is 5.77. The van der Waals surface area contributed by atoms with E-state index >= 15 is 0 Å². The summed E-state index contributed by atoms with van der Waals surface area (Å²) in [7, 11) is -3.22. The fourth-order valence-electron chi connectivity index (χ4n) is 2.84. The molecule has 0 saturated heterocycles. The number of nitrogens with zero attached hydrogens (tertiary/aromatic N) is 2. The molecule has 1 aromatic heterocycles. The Morgan fingerprint density at radius 2 is 2.09 bits per heavy atom. The lowest BCUT2D eigenvalue weighted by Gasteiger charge is -2.21. The van der Waals surface area contributed by atoms with Crippen LogP contribution in [-0.2, 0) is 16.3 Å². The third-order valence-electron chi connectivity index (χ3n) is 3.97. The van der Waals surface area contributed by atoms with Gasteiger partial charge in [0, 0.05) is 18.1 Å². The van der Waals surface area contributed by atoms with Crippen molar-refractivity contribution < 1.29 is 8.42 Å². The van der Waals surface area contributed by atoms with Crippen molar-refractivity contribution >= 4 is 26.4 Å². The number of sulfone groups is 1. The second kappa shape index (κ2) is 5.20. The van der Waals surface area contributed by atoms with Crippen molar-refractivity contribution in [1.82, 2.24) is 4.98 Å². The topological polar surface area (TPSA) is 82.8 Å². The van der Waals surface area contributed by atoms with Crippen molar-refractivity contribution in [3.05, 3.63) is 29.5 Å². The van der Waals surface area contributed by atoms with E-state index in [0.29, 0.717) is 29.1 Å². The summed E-state index contributed by atoms with van der Waals surface area (Å²) in [6, 6.07) is 5.52. The van der Waals surface area contributed by atoms with Crippen LogP contribution in [-0.4, -0.2) is 25.7 Å². The number of pyridine rings is 1. The van der Waals surface area contributed by atoms with Crippen LogP contribution in [0.2, 0.25) is 0 Å². The van der Waals surface area contributed by atoms with Crippen LogP contribution in [0.5, 0.6) is 0 Å². The number of nitriles is 1. The molecule has 0 unspecified atom stereocenters. The number of anilines is 1. The molecule has 0 atom stereocenters. The van der Waals surface area contributed by atoms with Gasteiger partial charge in [0.25, 0.3) is 0 Å². The number of nitrogens with one attached hydrogen (secondary N) is 1. The highest BCUT2D eigenvalue weighted by atomic mass is 32.2. The molecule has 1 aromatic carbocycles. The average molecular weight is 329 g/mol. The maximum Gasteiger partial charge on any atom is 0.179 e. The van der Waals surface area contributed by atoms with E-state index in [9.17, 15) is 13.7 Å². The highest BCUT2D eigenvalue weighted by molar-refractivity contribution is 7.91. The second-order valence-corrected chi connectivity index (χ2v) is 9.16. The lowest BCUT2D eigenvalue weighted by Crippen LogP contribution is -2.20. The standard InChI is InChI=1S/C17H19N3O2S/c1-17(2,3)10-20-16-11(8-18)9-19-13-4-5-14-12(15(13)16)6-7-23(14,21)22/h4-5,9H,6-7,10H2,1-3H3,(H,19,20). The van der Waals surface area contributed by atoms with E-state index in [1.54, 1.807) is 18.3 Å². The van der Waals surface area contributed by atoms with Gasteiger partial charge in [-0.3, -0.25) is 4.98 Å². The summed E-state index contributed by atoms with van der Waals surface area (Å²) in [5.41, 5.74) is 2.67. The number of fused-ring (bicyclic) bond motifs is 3. The van der Waals surface area contributed by atoms with Crippen molar-refractivity contribution in [3.63, 3.8) is 0 Å². The van der Waals surface area contributed by atoms with E-state index in [2.05, 4.69) is 37.1 Å². The first-order chi connectivity index (χ1) is 10.7. The van der Waals surface area contributed by atoms with Crippen LogP contribution in [0.4, 0.5) is 5.69 Å². The van der Waals surface area contributed by atoms with E-state index < -0.39 is 9.84 Å². The Kier molecular flexibility index (Phi) is 3.56. The first kappa shape index (κ1) is 15.8. The Labute approximate surface area is 136 Å². The summed E-state index contributed by atoms with van der Waals surface area (Å²) in [4.78, 5) is 4.70. The first-order valence-electron chi connectivity index (χ1n) is 7.54. The maximum absolute atomic E-state index is 12.2. The zero-order valence-electron chi connectivity index (χ0n) is 13.5. The Morgan fingerprint density at radius 3 is 2.74 bits per heavy atom. The average Bonchev–Trinajstić information content (AvgIpc) is 2.79. The molecule has 0 bridgehead atoms. The summed E-state index contributed by atoms with van der Waals surface area (Å²) >= 11 is 0. The van der Waals surface area contributed by atoms with Crippen LogP contribution in [0.1, 0.15) is 31.9 Å². The molecule has 2 heterocycles. The molecular formula is C17H19N3O2S. The minimum absolute atomic E-state index is 0.0341. The molecule has 6 heteroatoms. The van der Waals surface area contributed by atoms with Gasteiger partial charge in [0.1, 0.15) is 6.07 Å². The zero-order chi connectivity index (χ0) is 16.8. The zero-order valence-corrected chi connectivity index (χ0v) is 14.3. The van der Waals surface area contributed by atoms with E-state index in [4.69, 9.17) is 0 Å². The van der Waals surface area contributed by atoms with Gasteiger partial charge < -0.3 is 5.32 Å². The van der Waals surface area contributed by atoms with Gasteiger partial charge in [0.05, 0.1) is 27.4 Å². The summed E-state index contributed by atoms with van der Waals surface area (Å²) in [5.74, 6) is 0.122. The van der Waals surface area contributed by atoms with Crippen molar-refractivity contribution in [3.8, 4) is 6.07 Å². The van der Waals surface area contributed by atoms with Crippen LogP contribution in [0.3, 0.4) is 0 Å². The molecule has 0 saturated carbocycles. The number of hydrogen-bond donors (Lipinski definition) is 1. The molecule has 0 aliphatic carbocycles. The van der Waals surface area contributed by atoms with Crippen LogP contribution in [0.15, 0.2) is 23.2 Å². The first-order valence-corrected chi connectivity index (χ1v) is 9.19. The lowest BCUT2D eigenvalue weighted by molar-refractivity contribution is 0.443. The van der Waals surface area contributed by atoms with Crippen LogP contribution < -0.4 is 5.32 Å². The van der Waals surface area contributed by atoms with Gasteiger partial charge in [-0.2, -0.15) is 5.26 Å². The molecule has 0 fully saturated rings. The van der Waals surface area contributed by atoms with Gasteiger partial charge in [-0.15, -0.1) is 0 Å². The maximum atomic E-state index is 12.2. The molecular weight excluding hydrogens is 310 g/mol. The number of hydrogen-bond acceptors (Lipinski definition) is 5. The normalized spacial score (nSPS) is 16.1. The van der Waals surface area contributed by atoms with Gasteiger partial charge in [-0.25, -0.2) is 8.42 Å². The highest BCUT2D eigenvalue weighted by Gasteiger charge is 2.29. The van der Waals surface area contributed by atoms with E-state index in [1.807, 2.05) is 0 Å². The van der Waals surface area contributed by atoms with Crippen molar-refractivity contribution in [2.45, 2.75) is 32.1 Å². The van der Waals surface area contributed by atoms with Gasteiger partial charge in [0.15, 0.2) is 9.84 Å². The molecule has 1 aliphatic rings. The Hall–Kier alpha value is -2.13. The number of benzene rings is 1. The largest absolute Gasteiger partial charge is 0.383 e. The molecule has 2 aromatic rings. The SMILES string of the molecule is CC(C)(C)CNc1c(C#N)cnc2ccc3c(c12)CCS3(=O)=O. The van der Waals surface area contributed by atoms with Gasteiger partial charge in [-0.05, 0) is 29.5 Å². The summed E-state index contributed by atoms with van der Waals surface area (Å²) in [6.07, 6.45) is 2.01. The highest BCUT2D eigenvalue weighted by Crippen LogP contribution is 2.37. The fraction of sp³-hybridized carbons (Fsp3) is 0.412. The lowest BCUT2D eigenvalue weighted by atomic mass is 9.96. The quantitative estimate of drug-likeness (QED) is 0.916. The monoisotopic (exact) mass is 329 g/mol. The Bertz CT molecular complexity index is 935. The molecule has 0 radical (unpaired) electrons. The Morgan fingerprint density at radius 1 is 1.35 bits per heavy atom. The second-order valence-electron chi connectivity index (χ2n) is 7.08. The van der Waals surface area contributed by atoms with Crippen LogP contribution >= 0.6 is 0 Å². The molecule has 0 amide bonds. The van der Waals surface area contributed by atoms with E-state index in [1.165, 1.54) is 0 Å². The Balaban J connectivity index is 2.28. The predicted octanol–water partition coefficient (Wildman–Crippen LogP) is 2.89. The van der Waals surface area contributed by atoms with Gasteiger partial charge >= 0.3 is 0 Å². The summed E-state index contributed by atoms with van der Waals surface area (Å²) in [5, 5.41) is 13.5. The minimum atomic E-state index is -3.22. The number of aromatic nitrogens is 1. The van der Waals surface area contributed by atoms with Gasteiger partial charge in [-0.1, -0.05) is 20.8 Å². The number of rotatable bonds is 2. The van der Waals surface area contributed by atoms with Crippen LogP contribution in [0.25, 0.3) is 10.9 Å². The van der Waals surface area contributed by atoms with Crippen molar-refractivity contribution in [2.75, 3.05) is 17.6 Å². The van der Waals surface area contributed by atoms with Crippen LogP contribution in [0, 0.1) is 16.7 Å². The molecule has 3 rings (SSSR count).